The molecule has 15 heavy (non-hydrogen) atoms. The molecule has 0 bridgehead atoms. The van der Waals surface area contributed by atoms with Crippen LogP contribution in [0.2, 0.25) is 0 Å². The number of pyridine rings is 1. The maximum Gasteiger partial charge on any atom is 0.0745 e. The molecular formula is C10H8Br2N2S. The fourth-order valence-corrected chi connectivity index (χ4v) is 3.06. The van der Waals surface area contributed by atoms with Gasteiger partial charge in [0.1, 0.15) is 0 Å². The molecule has 2 rings (SSSR count). The lowest BCUT2D eigenvalue weighted by atomic mass is 10.1. The van der Waals surface area contributed by atoms with Crippen LogP contribution in [0.4, 0.5) is 0 Å². The fraction of sp³-hybridized carbons (Fsp3) is 0.100. The molecule has 78 valence electrons. The summed E-state index contributed by atoms with van der Waals surface area (Å²) < 4.78 is 2.01. The van der Waals surface area contributed by atoms with Gasteiger partial charge in [-0.3, -0.25) is 4.98 Å². The molecule has 0 radical (unpaired) electrons. The maximum atomic E-state index is 6.11. The molecule has 0 fully saturated rings. The highest BCUT2D eigenvalue weighted by Gasteiger charge is 2.13. The quantitative estimate of drug-likeness (QED) is 0.899. The molecule has 5 heteroatoms. The lowest BCUT2D eigenvalue weighted by Gasteiger charge is -2.10. The largest absolute Gasteiger partial charge is 0.319 e. The summed E-state index contributed by atoms with van der Waals surface area (Å²) in [6, 6.07) is 3.71. The van der Waals surface area contributed by atoms with Crippen molar-refractivity contribution >= 4 is 43.2 Å². The van der Waals surface area contributed by atoms with Crippen LogP contribution in [-0.4, -0.2) is 4.98 Å². The van der Waals surface area contributed by atoms with Crippen molar-refractivity contribution in [2.24, 2.45) is 5.73 Å². The Morgan fingerprint density at radius 3 is 2.60 bits per heavy atom. The minimum atomic E-state index is -0.168. The van der Waals surface area contributed by atoms with Gasteiger partial charge in [0.15, 0.2) is 0 Å². The number of nitrogens with two attached hydrogens (primary N) is 1. The highest BCUT2D eigenvalue weighted by Crippen LogP contribution is 2.29. The van der Waals surface area contributed by atoms with E-state index in [1.165, 1.54) is 0 Å². The van der Waals surface area contributed by atoms with Crippen LogP contribution in [0.1, 0.15) is 17.3 Å². The molecule has 0 spiro atoms. The molecule has 2 aromatic rings. The van der Waals surface area contributed by atoms with Gasteiger partial charge in [-0.2, -0.15) is 11.3 Å². The van der Waals surface area contributed by atoms with Crippen LogP contribution in [0.25, 0.3) is 0 Å². The average molecular weight is 348 g/mol. The SMILES string of the molecule is NC(c1ccc(Br)cn1)c1cscc1Br. The van der Waals surface area contributed by atoms with Gasteiger partial charge in [0.05, 0.1) is 11.7 Å². The normalized spacial score (nSPS) is 12.7. The van der Waals surface area contributed by atoms with Crippen LogP contribution in [0.3, 0.4) is 0 Å². The van der Waals surface area contributed by atoms with E-state index in [2.05, 4.69) is 36.8 Å². The van der Waals surface area contributed by atoms with E-state index in [1.54, 1.807) is 17.5 Å². The summed E-state index contributed by atoms with van der Waals surface area (Å²) in [5, 5.41) is 4.06. The zero-order valence-corrected chi connectivity index (χ0v) is 11.6. The van der Waals surface area contributed by atoms with Crippen LogP contribution < -0.4 is 5.73 Å². The molecule has 2 N–H and O–H groups in total. The Hall–Kier alpha value is -0.230. The predicted molar refractivity (Wildman–Crippen MR) is 70.0 cm³/mol. The molecule has 1 atom stereocenters. The zero-order chi connectivity index (χ0) is 10.8. The Bertz CT molecular complexity index is 453. The molecule has 0 aromatic carbocycles. The third-order valence-corrected chi connectivity index (χ3v) is 4.27. The van der Waals surface area contributed by atoms with Gasteiger partial charge in [-0.05, 0) is 54.9 Å². The first-order valence-electron chi connectivity index (χ1n) is 4.27. The standard InChI is InChI=1S/C10H8Br2N2S/c11-6-1-2-9(14-3-6)10(13)7-4-15-5-8(7)12/h1-5,10H,13H2. The molecular weight excluding hydrogens is 340 g/mol. The van der Waals surface area contributed by atoms with E-state index in [9.17, 15) is 0 Å². The van der Waals surface area contributed by atoms with E-state index in [0.29, 0.717) is 0 Å². The monoisotopic (exact) mass is 346 g/mol. The summed E-state index contributed by atoms with van der Waals surface area (Å²) in [6.07, 6.45) is 1.76. The van der Waals surface area contributed by atoms with Crippen molar-refractivity contribution in [1.29, 1.82) is 0 Å². The number of aromatic nitrogens is 1. The van der Waals surface area contributed by atoms with Crippen molar-refractivity contribution in [2.75, 3.05) is 0 Å². The Morgan fingerprint density at radius 2 is 2.07 bits per heavy atom. The molecule has 2 aromatic heterocycles. The van der Waals surface area contributed by atoms with E-state index < -0.39 is 0 Å². The summed E-state index contributed by atoms with van der Waals surface area (Å²) in [5.74, 6) is 0. The minimum Gasteiger partial charge on any atom is -0.319 e. The van der Waals surface area contributed by atoms with Crippen molar-refractivity contribution in [3.8, 4) is 0 Å². The Balaban J connectivity index is 2.32. The van der Waals surface area contributed by atoms with Crippen molar-refractivity contribution < 1.29 is 0 Å². The Kier molecular flexibility index (Phi) is 3.56. The van der Waals surface area contributed by atoms with Gasteiger partial charge >= 0.3 is 0 Å². The number of hydrogen-bond acceptors (Lipinski definition) is 3. The number of hydrogen-bond donors (Lipinski definition) is 1. The van der Waals surface area contributed by atoms with E-state index >= 15 is 0 Å². The van der Waals surface area contributed by atoms with Crippen molar-refractivity contribution in [3.63, 3.8) is 0 Å². The Morgan fingerprint density at radius 1 is 1.27 bits per heavy atom. The summed E-state index contributed by atoms with van der Waals surface area (Å²) >= 11 is 8.45. The molecule has 2 heterocycles. The van der Waals surface area contributed by atoms with Gasteiger partial charge < -0.3 is 5.73 Å². The van der Waals surface area contributed by atoms with Crippen molar-refractivity contribution in [1.82, 2.24) is 4.98 Å². The third-order valence-electron chi connectivity index (χ3n) is 2.05. The number of thiophene rings is 1. The van der Waals surface area contributed by atoms with Gasteiger partial charge in [-0.15, -0.1) is 0 Å². The summed E-state index contributed by atoms with van der Waals surface area (Å²) in [7, 11) is 0. The first-order valence-corrected chi connectivity index (χ1v) is 6.80. The predicted octanol–water partition coefficient (Wildman–Crippen LogP) is 3.72. The average Bonchev–Trinajstić information content (AvgIpc) is 2.65. The molecule has 0 amide bonds. The summed E-state index contributed by atoms with van der Waals surface area (Å²) in [5.41, 5.74) is 8.06. The highest BCUT2D eigenvalue weighted by molar-refractivity contribution is 9.10. The fourth-order valence-electron chi connectivity index (χ4n) is 1.24. The molecule has 0 saturated heterocycles. The zero-order valence-electron chi connectivity index (χ0n) is 7.65. The highest BCUT2D eigenvalue weighted by atomic mass is 79.9. The van der Waals surface area contributed by atoms with Gasteiger partial charge in [-0.25, -0.2) is 0 Å². The summed E-state index contributed by atoms with van der Waals surface area (Å²) in [6.45, 7) is 0. The minimum absolute atomic E-state index is 0.168. The first kappa shape index (κ1) is 11.3. The smallest absolute Gasteiger partial charge is 0.0745 e. The van der Waals surface area contributed by atoms with Crippen LogP contribution in [0.15, 0.2) is 38.0 Å². The van der Waals surface area contributed by atoms with Gasteiger partial charge in [0.25, 0.3) is 0 Å². The lowest BCUT2D eigenvalue weighted by Crippen LogP contribution is -2.12. The molecule has 0 aliphatic heterocycles. The second-order valence-corrected chi connectivity index (χ2v) is 5.57. The second kappa shape index (κ2) is 4.74. The van der Waals surface area contributed by atoms with Gasteiger partial charge in [0.2, 0.25) is 0 Å². The van der Waals surface area contributed by atoms with Gasteiger partial charge in [-0.1, -0.05) is 0 Å². The lowest BCUT2D eigenvalue weighted by molar-refractivity contribution is 0.828. The molecule has 1 unspecified atom stereocenters. The third kappa shape index (κ3) is 2.47. The topological polar surface area (TPSA) is 38.9 Å². The Labute approximate surface area is 109 Å². The number of halogens is 2. The van der Waals surface area contributed by atoms with Crippen LogP contribution in [-0.2, 0) is 0 Å². The molecule has 2 nitrogen and oxygen atoms in total. The van der Waals surface area contributed by atoms with Crippen LogP contribution in [0.5, 0.6) is 0 Å². The second-order valence-electron chi connectivity index (χ2n) is 3.05. The number of nitrogens with zero attached hydrogens (tertiary/aromatic N) is 1. The van der Waals surface area contributed by atoms with Crippen molar-refractivity contribution in [3.05, 3.63) is 49.3 Å². The van der Waals surface area contributed by atoms with Crippen LogP contribution >= 0.6 is 43.2 Å². The first-order chi connectivity index (χ1) is 7.18. The number of rotatable bonds is 2. The van der Waals surface area contributed by atoms with E-state index in [4.69, 9.17) is 5.73 Å². The van der Waals surface area contributed by atoms with E-state index in [-0.39, 0.29) is 6.04 Å². The maximum absolute atomic E-state index is 6.11. The molecule has 0 aliphatic rings. The van der Waals surface area contributed by atoms with Crippen molar-refractivity contribution in [2.45, 2.75) is 6.04 Å². The van der Waals surface area contributed by atoms with E-state index in [0.717, 1.165) is 20.2 Å². The van der Waals surface area contributed by atoms with Gasteiger partial charge in [0, 0.05) is 20.5 Å². The summed E-state index contributed by atoms with van der Waals surface area (Å²) in [4.78, 5) is 4.29. The van der Waals surface area contributed by atoms with E-state index in [1.807, 2.05) is 22.9 Å². The van der Waals surface area contributed by atoms with Crippen LogP contribution in [0, 0.1) is 0 Å². The molecule has 0 aliphatic carbocycles. The molecule has 0 saturated carbocycles.